The monoisotopic (exact) mass is 367 g/mol. The molecule has 2 aliphatic rings. The Balaban J connectivity index is 1.92. The predicted octanol–water partition coefficient (Wildman–Crippen LogP) is 4.63. The third-order valence-electron chi connectivity index (χ3n) is 4.50. The Morgan fingerprint density at radius 3 is 2.52 bits per heavy atom. The highest BCUT2D eigenvalue weighted by Gasteiger charge is 2.23. The maximum atomic E-state index is 13.6. The van der Waals surface area contributed by atoms with E-state index in [-0.39, 0.29) is 11.7 Å². The molecular formula is C20H18FN3O3. The van der Waals surface area contributed by atoms with E-state index in [1.54, 1.807) is 26.4 Å². The van der Waals surface area contributed by atoms with Gasteiger partial charge in [0.2, 0.25) is 5.91 Å². The summed E-state index contributed by atoms with van der Waals surface area (Å²) >= 11 is 0. The summed E-state index contributed by atoms with van der Waals surface area (Å²) in [5.41, 5.74) is 2.13. The van der Waals surface area contributed by atoms with Gasteiger partial charge in [0.05, 0.1) is 19.9 Å². The van der Waals surface area contributed by atoms with Crippen LogP contribution in [0.25, 0.3) is 22.0 Å². The maximum absolute atomic E-state index is 13.6. The van der Waals surface area contributed by atoms with Gasteiger partial charge in [-0.1, -0.05) is 6.07 Å². The number of hydrogen-bond acceptors (Lipinski definition) is 4. The molecule has 2 aromatic carbocycles. The Labute approximate surface area is 154 Å². The van der Waals surface area contributed by atoms with Gasteiger partial charge in [0, 0.05) is 23.6 Å². The van der Waals surface area contributed by atoms with Gasteiger partial charge < -0.3 is 14.8 Å². The molecule has 1 aliphatic heterocycles. The van der Waals surface area contributed by atoms with Gasteiger partial charge in [0.1, 0.15) is 11.6 Å². The van der Waals surface area contributed by atoms with Crippen LogP contribution >= 0.6 is 0 Å². The van der Waals surface area contributed by atoms with Crippen molar-refractivity contribution >= 4 is 28.2 Å². The van der Waals surface area contributed by atoms with E-state index in [0.717, 1.165) is 22.0 Å². The number of anilines is 2. The number of nitrogens with zero attached hydrogens (tertiary/aromatic N) is 1. The number of halogens is 1. The zero-order chi connectivity index (χ0) is 19.1. The van der Waals surface area contributed by atoms with Gasteiger partial charge >= 0.3 is 0 Å². The number of H-pyrrole nitrogens is 1. The Morgan fingerprint density at radius 2 is 1.85 bits per heavy atom. The average Bonchev–Trinajstić information content (AvgIpc) is 3.17. The lowest BCUT2D eigenvalue weighted by Crippen LogP contribution is -2.10. The highest BCUT2D eigenvalue weighted by Crippen LogP contribution is 2.43. The largest absolute Gasteiger partial charge is 0.493 e. The van der Waals surface area contributed by atoms with Crippen LogP contribution in [-0.4, -0.2) is 29.9 Å². The van der Waals surface area contributed by atoms with Crippen LogP contribution in [0, 0.1) is 5.82 Å². The molecule has 0 radical (unpaired) electrons. The molecule has 2 N–H and O–H groups in total. The molecule has 138 valence electrons. The van der Waals surface area contributed by atoms with Crippen molar-refractivity contribution < 1.29 is 18.7 Å². The average molecular weight is 367 g/mol. The Kier molecular flexibility index (Phi) is 3.99. The number of aromatic amines is 1. The van der Waals surface area contributed by atoms with E-state index in [1.807, 2.05) is 18.2 Å². The molecule has 1 aliphatic carbocycles. The lowest BCUT2D eigenvalue weighted by atomic mass is 10.2. The molecule has 0 saturated heterocycles. The lowest BCUT2D eigenvalue weighted by Gasteiger charge is -2.09. The first-order valence-electron chi connectivity index (χ1n) is 8.34. The van der Waals surface area contributed by atoms with Crippen LogP contribution in [0.4, 0.5) is 15.9 Å². The summed E-state index contributed by atoms with van der Waals surface area (Å²) in [5.74, 6) is 1.21. The Bertz CT molecular complexity index is 1130. The van der Waals surface area contributed by atoms with Crippen LogP contribution < -0.4 is 14.8 Å². The van der Waals surface area contributed by atoms with Crippen LogP contribution in [0.15, 0.2) is 42.5 Å². The first-order valence-corrected chi connectivity index (χ1v) is 8.34. The standard InChI is InChI=1S/C20H18FN3O3/c1-11(25)24-20(22-14-6-4-5-13(21)9-14)16-7-12-8-17(26-2)18(27-3)10-15(12)19(16)23-24/h4-10,22-23H,1-3H3. The summed E-state index contributed by atoms with van der Waals surface area (Å²) in [5, 5.41) is 8.10. The molecule has 0 spiro atoms. The predicted molar refractivity (Wildman–Crippen MR) is 102 cm³/mol. The topological polar surface area (TPSA) is 68.3 Å². The Hall–Kier alpha value is -3.48. The van der Waals surface area contributed by atoms with Crippen LogP contribution in [0.5, 0.6) is 11.5 Å². The molecule has 0 aromatic heterocycles. The number of carbonyl (C=O) groups excluding carboxylic acids is 1. The number of carbonyl (C=O) groups is 1. The molecule has 4 rings (SSSR count). The van der Waals surface area contributed by atoms with Crippen LogP contribution in [0.1, 0.15) is 11.7 Å². The summed E-state index contributed by atoms with van der Waals surface area (Å²) in [6.07, 6.45) is 0. The summed E-state index contributed by atoms with van der Waals surface area (Å²) < 4.78 is 25.7. The summed E-state index contributed by atoms with van der Waals surface area (Å²) in [6, 6.07) is 11.8. The van der Waals surface area contributed by atoms with Crippen LogP contribution in [0.3, 0.4) is 0 Å². The second-order valence-electron chi connectivity index (χ2n) is 6.18. The molecular weight excluding hydrogens is 349 g/mol. The van der Waals surface area contributed by atoms with Crippen molar-refractivity contribution in [1.29, 1.82) is 0 Å². The third-order valence-corrected chi connectivity index (χ3v) is 4.50. The van der Waals surface area contributed by atoms with Gasteiger partial charge in [0.15, 0.2) is 11.5 Å². The fourth-order valence-electron chi connectivity index (χ4n) is 3.26. The molecule has 6 nitrogen and oxygen atoms in total. The summed E-state index contributed by atoms with van der Waals surface area (Å²) in [6.45, 7) is 1.46. The van der Waals surface area contributed by atoms with E-state index >= 15 is 0 Å². The maximum Gasteiger partial charge on any atom is 0.243 e. The fourth-order valence-corrected chi connectivity index (χ4v) is 3.26. The number of fused-ring (bicyclic) bond motifs is 3. The molecule has 0 saturated carbocycles. The van der Waals surface area contributed by atoms with Crippen molar-refractivity contribution in [2.24, 2.45) is 0 Å². The van der Waals surface area contributed by atoms with Gasteiger partial charge in [-0.15, -0.1) is 0 Å². The number of aromatic nitrogens is 2. The molecule has 0 amide bonds. The smallest absolute Gasteiger partial charge is 0.243 e. The van der Waals surface area contributed by atoms with Crippen LogP contribution in [0.2, 0.25) is 0 Å². The highest BCUT2D eigenvalue weighted by molar-refractivity contribution is 6.07. The van der Waals surface area contributed by atoms with Crippen molar-refractivity contribution in [1.82, 2.24) is 9.78 Å². The van der Waals surface area contributed by atoms with Crippen molar-refractivity contribution in [3.05, 3.63) is 48.3 Å². The number of benzene rings is 2. The van der Waals surface area contributed by atoms with Gasteiger partial charge in [-0.05, 0) is 41.8 Å². The van der Waals surface area contributed by atoms with Crippen LogP contribution in [-0.2, 0) is 0 Å². The van der Waals surface area contributed by atoms with E-state index in [2.05, 4.69) is 10.4 Å². The van der Waals surface area contributed by atoms with Gasteiger partial charge in [-0.25, -0.2) is 9.07 Å². The third kappa shape index (κ3) is 2.77. The van der Waals surface area contributed by atoms with E-state index in [0.29, 0.717) is 23.0 Å². The summed E-state index contributed by atoms with van der Waals surface area (Å²) in [7, 11) is 3.16. The number of methoxy groups -OCH3 is 2. The molecule has 27 heavy (non-hydrogen) atoms. The number of rotatable bonds is 4. The van der Waals surface area contributed by atoms with E-state index in [4.69, 9.17) is 9.47 Å². The zero-order valence-corrected chi connectivity index (χ0v) is 15.1. The summed E-state index contributed by atoms with van der Waals surface area (Å²) in [4.78, 5) is 12.1. The van der Waals surface area contributed by atoms with E-state index in [1.165, 1.54) is 23.7 Å². The van der Waals surface area contributed by atoms with Crippen molar-refractivity contribution in [2.45, 2.75) is 6.92 Å². The minimum Gasteiger partial charge on any atom is -0.493 e. The number of hydrogen-bond donors (Lipinski definition) is 2. The van der Waals surface area contributed by atoms with Gasteiger partial charge in [-0.2, -0.15) is 0 Å². The molecule has 1 heterocycles. The molecule has 0 fully saturated rings. The van der Waals surface area contributed by atoms with E-state index in [9.17, 15) is 9.18 Å². The first-order chi connectivity index (χ1) is 13.0. The van der Waals surface area contributed by atoms with Crippen molar-refractivity contribution in [3.8, 4) is 22.8 Å². The van der Waals surface area contributed by atoms with Gasteiger partial charge in [-0.3, -0.25) is 9.89 Å². The normalized spacial score (nSPS) is 11.1. The van der Waals surface area contributed by atoms with E-state index < -0.39 is 0 Å². The zero-order valence-electron chi connectivity index (χ0n) is 15.1. The second kappa shape index (κ2) is 6.35. The SMILES string of the molecule is COc1cc2cc3c(Nc4cccc(F)c4)n(C(C)=O)[nH]c-3c2cc1OC. The molecule has 0 atom stereocenters. The lowest BCUT2D eigenvalue weighted by molar-refractivity contribution is 0.0924. The second-order valence-corrected chi connectivity index (χ2v) is 6.18. The quantitative estimate of drug-likeness (QED) is 0.552. The Morgan fingerprint density at radius 1 is 1.11 bits per heavy atom. The molecule has 0 bridgehead atoms. The van der Waals surface area contributed by atoms with Gasteiger partial charge in [0.25, 0.3) is 0 Å². The minimum atomic E-state index is -0.358. The number of nitrogens with one attached hydrogen (secondary N) is 2. The minimum absolute atomic E-state index is 0.196. The molecule has 0 unspecified atom stereocenters. The van der Waals surface area contributed by atoms with Crippen molar-refractivity contribution in [2.75, 3.05) is 19.5 Å². The molecule has 7 heteroatoms. The fraction of sp³-hybridized carbons (Fsp3) is 0.150. The van der Waals surface area contributed by atoms with Crippen molar-refractivity contribution in [3.63, 3.8) is 0 Å². The molecule has 2 aromatic rings. The highest BCUT2D eigenvalue weighted by atomic mass is 19.1. The number of ether oxygens (including phenoxy) is 2. The first kappa shape index (κ1) is 17.0.